The number of oxazole rings is 1. The van der Waals surface area contributed by atoms with E-state index in [9.17, 15) is 18.3 Å². The highest BCUT2D eigenvalue weighted by Gasteiger charge is 2.29. The molecule has 0 amide bonds. The van der Waals surface area contributed by atoms with Crippen LogP contribution in [0.4, 0.5) is 24.9 Å². The number of nitrogens with one attached hydrogen (secondary N) is 1. The molecule has 0 spiro atoms. The molecule has 0 fully saturated rings. The first-order chi connectivity index (χ1) is 10.9. The third-order valence-electron chi connectivity index (χ3n) is 3.14. The molecule has 2 aromatic carbocycles. The largest absolute Gasteiger partial charge is 0.507 e. The van der Waals surface area contributed by atoms with E-state index in [1.54, 1.807) is 18.2 Å². The fourth-order valence-electron chi connectivity index (χ4n) is 2.00. The SMILES string of the molecule is Oc1ccccc1-c1cnc(Nc2ccc(C(F)(F)F)cc2)o1. The molecule has 0 saturated carbocycles. The summed E-state index contributed by atoms with van der Waals surface area (Å²) < 4.78 is 42.9. The van der Waals surface area contributed by atoms with E-state index < -0.39 is 11.7 Å². The molecular weight excluding hydrogens is 309 g/mol. The number of aromatic nitrogens is 1. The number of benzene rings is 2. The van der Waals surface area contributed by atoms with E-state index in [1.165, 1.54) is 24.4 Å². The maximum Gasteiger partial charge on any atom is 0.416 e. The summed E-state index contributed by atoms with van der Waals surface area (Å²) in [5.41, 5.74) is 0.148. The van der Waals surface area contributed by atoms with Crippen LogP contribution < -0.4 is 5.32 Å². The van der Waals surface area contributed by atoms with Gasteiger partial charge in [-0.1, -0.05) is 12.1 Å². The zero-order chi connectivity index (χ0) is 16.4. The highest BCUT2D eigenvalue weighted by molar-refractivity contribution is 5.66. The Bertz CT molecular complexity index is 811. The molecule has 3 rings (SSSR count). The summed E-state index contributed by atoms with van der Waals surface area (Å²) in [6.45, 7) is 0. The van der Waals surface area contributed by atoms with Crippen molar-refractivity contribution >= 4 is 11.7 Å². The van der Waals surface area contributed by atoms with Crippen molar-refractivity contribution in [3.05, 3.63) is 60.3 Å². The van der Waals surface area contributed by atoms with Crippen LogP contribution in [0.25, 0.3) is 11.3 Å². The van der Waals surface area contributed by atoms with Gasteiger partial charge < -0.3 is 14.8 Å². The predicted octanol–water partition coefficient (Wildman–Crippen LogP) is 4.81. The standard InChI is InChI=1S/C16H11F3N2O2/c17-16(18,19)10-5-7-11(8-6-10)21-15-20-9-14(23-15)12-3-1-2-4-13(12)22/h1-9,22H,(H,20,21). The fraction of sp³-hybridized carbons (Fsp3) is 0.0625. The molecular formula is C16H11F3N2O2. The summed E-state index contributed by atoms with van der Waals surface area (Å²) in [6.07, 6.45) is -2.96. The number of nitrogens with zero attached hydrogens (tertiary/aromatic N) is 1. The van der Waals surface area contributed by atoms with Gasteiger partial charge in [-0.25, -0.2) is 4.98 Å². The van der Waals surface area contributed by atoms with Crippen molar-refractivity contribution in [2.24, 2.45) is 0 Å². The molecule has 4 nitrogen and oxygen atoms in total. The van der Waals surface area contributed by atoms with Gasteiger partial charge in [-0.05, 0) is 36.4 Å². The lowest BCUT2D eigenvalue weighted by molar-refractivity contribution is -0.137. The van der Waals surface area contributed by atoms with Crippen molar-refractivity contribution < 1.29 is 22.7 Å². The monoisotopic (exact) mass is 320 g/mol. The summed E-state index contributed by atoms with van der Waals surface area (Å²) in [5, 5.41) is 12.5. The molecule has 1 heterocycles. The molecule has 118 valence electrons. The number of rotatable bonds is 3. The second-order valence-corrected chi connectivity index (χ2v) is 4.75. The molecule has 23 heavy (non-hydrogen) atoms. The van der Waals surface area contributed by atoms with Gasteiger partial charge in [0.25, 0.3) is 6.01 Å². The van der Waals surface area contributed by atoms with Gasteiger partial charge in [0.15, 0.2) is 5.76 Å². The number of para-hydroxylation sites is 1. The zero-order valence-electron chi connectivity index (χ0n) is 11.6. The lowest BCUT2D eigenvalue weighted by Crippen LogP contribution is -2.04. The van der Waals surface area contributed by atoms with Gasteiger partial charge in [0.2, 0.25) is 0 Å². The van der Waals surface area contributed by atoms with Crippen molar-refractivity contribution in [2.45, 2.75) is 6.18 Å². The van der Waals surface area contributed by atoms with Gasteiger partial charge in [0, 0.05) is 5.69 Å². The van der Waals surface area contributed by atoms with Crippen molar-refractivity contribution in [3.63, 3.8) is 0 Å². The second kappa shape index (κ2) is 5.68. The average Bonchev–Trinajstić information content (AvgIpc) is 2.95. The molecule has 0 atom stereocenters. The Hall–Kier alpha value is -2.96. The topological polar surface area (TPSA) is 58.3 Å². The summed E-state index contributed by atoms with van der Waals surface area (Å²) in [6, 6.07) is 11.2. The molecule has 3 aromatic rings. The molecule has 0 bridgehead atoms. The van der Waals surface area contributed by atoms with Gasteiger partial charge in [-0.3, -0.25) is 0 Å². The van der Waals surface area contributed by atoms with Gasteiger partial charge in [0.05, 0.1) is 17.3 Å². The Morgan fingerprint density at radius 3 is 2.35 bits per heavy atom. The van der Waals surface area contributed by atoms with E-state index in [4.69, 9.17) is 4.42 Å². The van der Waals surface area contributed by atoms with Crippen LogP contribution in [-0.2, 0) is 6.18 Å². The molecule has 1 aromatic heterocycles. The maximum atomic E-state index is 12.5. The number of phenols is 1. The van der Waals surface area contributed by atoms with Gasteiger partial charge in [0.1, 0.15) is 5.75 Å². The number of halogens is 3. The second-order valence-electron chi connectivity index (χ2n) is 4.75. The Balaban J connectivity index is 1.78. The molecule has 0 unspecified atom stereocenters. The lowest BCUT2D eigenvalue weighted by atomic mass is 10.2. The Labute approximate surface area is 129 Å². The lowest BCUT2D eigenvalue weighted by Gasteiger charge is -2.07. The predicted molar refractivity (Wildman–Crippen MR) is 78.3 cm³/mol. The zero-order valence-corrected chi connectivity index (χ0v) is 11.6. The molecule has 0 saturated heterocycles. The summed E-state index contributed by atoms with van der Waals surface area (Å²) in [4.78, 5) is 3.99. The van der Waals surface area contributed by atoms with Gasteiger partial charge >= 0.3 is 6.18 Å². The van der Waals surface area contributed by atoms with Crippen LogP contribution in [0.1, 0.15) is 5.56 Å². The highest BCUT2D eigenvalue weighted by Crippen LogP contribution is 2.32. The molecule has 0 aliphatic carbocycles. The molecule has 7 heteroatoms. The Morgan fingerprint density at radius 1 is 1.00 bits per heavy atom. The van der Waals surface area contributed by atoms with E-state index in [2.05, 4.69) is 10.3 Å². The molecule has 2 N–H and O–H groups in total. The number of hydrogen-bond donors (Lipinski definition) is 2. The summed E-state index contributed by atoms with van der Waals surface area (Å²) in [5.74, 6) is 0.391. The maximum absolute atomic E-state index is 12.5. The molecule has 0 aliphatic rings. The summed E-state index contributed by atoms with van der Waals surface area (Å²) >= 11 is 0. The number of anilines is 2. The van der Waals surface area contributed by atoms with Crippen molar-refractivity contribution in [2.75, 3.05) is 5.32 Å². The third-order valence-corrected chi connectivity index (χ3v) is 3.14. The van der Waals surface area contributed by atoms with Crippen LogP contribution in [0, 0.1) is 0 Å². The number of phenolic OH excluding ortho intramolecular Hbond substituents is 1. The average molecular weight is 320 g/mol. The number of aromatic hydroxyl groups is 1. The van der Waals surface area contributed by atoms with Crippen LogP contribution in [0.15, 0.2) is 59.1 Å². The van der Waals surface area contributed by atoms with Crippen molar-refractivity contribution in [3.8, 4) is 17.1 Å². The first-order valence-electron chi connectivity index (χ1n) is 6.62. The van der Waals surface area contributed by atoms with Crippen LogP contribution in [0.5, 0.6) is 5.75 Å². The van der Waals surface area contributed by atoms with Crippen LogP contribution in [0.2, 0.25) is 0 Å². The minimum atomic E-state index is -4.38. The normalized spacial score (nSPS) is 11.4. The number of alkyl halides is 3. The van der Waals surface area contributed by atoms with Gasteiger partial charge in [-0.2, -0.15) is 13.2 Å². The van der Waals surface area contributed by atoms with Crippen LogP contribution in [0.3, 0.4) is 0 Å². The first-order valence-corrected chi connectivity index (χ1v) is 6.62. The third kappa shape index (κ3) is 3.28. The minimum Gasteiger partial charge on any atom is -0.507 e. The highest BCUT2D eigenvalue weighted by atomic mass is 19.4. The quantitative estimate of drug-likeness (QED) is 0.727. The van der Waals surface area contributed by atoms with E-state index in [1.807, 2.05) is 0 Å². The van der Waals surface area contributed by atoms with Gasteiger partial charge in [-0.15, -0.1) is 0 Å². The Kier molecular flexibility index (Phi) is 3.69. The van der Waals surface area contributed by atoms with Crippen LogP contribution in [-0.4, -0.2) is 10.1 Å². The smallest absolute Gasteiger partial charge is 0.416 e. The Morgan fingerprint density at radius 2 is 1.70 bits per heavy atom. The minimum absolute atomic E-state index is 0.0460. The van der Waals surface area contributed by atoms with E-state index in [0.29, 0.717) is 17.0 Å². The van der Waals surface area contributed by atoms with E-state index in [-0.39, 0.29) is 11.8 Å². The first kappa shape index (κ1) is 15.0. The molecule has 0 aliphatic heterocycles. The fourth-order valence-corrected chi connectivity index (χ4v) is 2.00. The van der Waals surface area contributed by atoms with Crippen molar-refractivity contribution in [1.29, 1.82) is 0 Å². The van der Waals surface area contributed by atoms with Crippen LogP contribution >= 0.6 is 0 Å². The van der Waals surface area contributed by atoms with Crippen molar-refractivity contribution in [1.82, 2.24) is 4.98 Å². The number of hydrogen-bond acceptors (Lipinski definition) is 4. The van der Waals surface area contributed by atoms with E-state index >= 15 is 0 Å². The van der Waals surface area contributed by atoms with E-state index in [0.717, 1.165) is 12.1 Å². The molecule has 0 radical (unpaired) electrons. The summed E-state index contributed by atoms with van der Waals surface area (Å²) in [7, 11) is 0.